The molecule has 1 rings (SSSR count). The second-order valence-corrected chi connectivity index (χ2v) is 3.21. The number of hydrogen-bond donors (Lipinski definition) is 0. The third-order valence-corrected chi connectivity index (χ3v) is 2.24. The van der Waals surface area contributed by atoms with E-state index in [4.69, 9.17) is 4.74 Å². The normalized spacial score (nSPS) is 17.4. The summed E-state index contributed by atoms with van der Waals surface area (Å²) in [6.07, 6.45) is 0. The second kappa shape index (κ2) is 4.38. The van der Waals surface area contributed by atoms with Crippen LogP contribution in [0.15, 0.2) is 4.99 Å². The third-order valence-electron chi connectivity index (χ3n) is 1.29. The summed E-state index contributed by atoms with van der Waals surface area (Å²) < 4.78 is 4.80. The highest BCUT2D eigenvalue weighted by Gasteiger charge is 2.14. The Bertz CT molecular complexity index is 179. The minimum atomic E-state index is -0.250. The lowest BCUT2D eigenvalue weighted by Crippen LogP contribution is -2.23. The number of rotatable bonds is 2. The van der Waals surface area contributed by atoms with Gasteiger partial charge < -0.3 is 4.74 Å². The Morgan fingerprint density at radius 1 is 1.82 bits per heavy atom. The van der Waals surface area contributed by atoms with Crippen molar-refractivity contribution in [3.8, 4) is 0 Å². The maximum Gasteiger partial charge on any atom is 0.353 e. The molecule has 0 radical (unpaired) electrons. The summed E-state index contributed by atoms with van der Waals surface area (Å²) in [5, 5.41) is 0. The largest absolute Gasteiger partial charge is 0.461 e. The van der Waals surface area contributed by atoms with Crippen molar-refractivity contribution in [2.45, 2.75) is 6.92 Å². The Morgan fingerprint density at radius 3 is 3.18 bits per heavy atom. The molecular weight excluding hydrogens is 162 g/mol. The molecule has 0 aromatic rings. The predicted octanol–water partition coefficient (Wildman–Crippen LogP) is 0.737. The molecule has 0 aromatic carbocycles. The highest BCUT2D eigenvalue weighted by Crippen LogP contribution is 2.07. The first-order chi connectivity index (χ1) is 5.34. The predicted molar refractivity (Wildman–Crippen MR) is 46.3 cm³/mol. The number of carbonyl (C=O) groups excluding carboxylic acids is 1. The smallest absolute Gasteiger partial charge is 0.353 e. The summed E-state index contributed by atoms with van der Waals surface area (Å²) in [6.45, 7) is 2.98. The van der Waals surface area contributed by atoms with Gasteiger partial charge in [0.2, 0.25) is 0 Å². The van der Waals surface area contributed by atoms with Crippen molar-refractivity contribution in [3.63, 3.8) is 0 Å². The van der Waals surface area contributed by atoms with Gasteiger partial charge in [-0.05, 0) is 6.92 Å². The van der Waals surface area contributed by atoms with Crippen molar-refractivity contribution in [2.75, 3.05) is 24.7 Å². The number of nitrogens with zero attached hydrogens (tertiary/aromatic N) is 1. The summed E-state index contributed by atoms with van der Waals surface area (Å²) in [7, 11) is 0. The van der Waals surface area contributed by atoms with Crippen LogP contribution in [0.3, 0.4) is 0 Å². The van der Waals surface area contributed by atoms with E-state index in [1.54, 1.807) is 18.7 Å². The van der Waals surface area contributed by atoms with Crippen LogP contribution < -0.4 is 0 Å². The zero-order chi connectivity index (χ0) is 8.10. The molecule has 0 N–H and O–H groups in total. The second-order valence-electron chi connectivity index (χ2n) is 2.10. The molecule has 0 atom stereocenters. The van der Waals surface area contributed by atoms with Crippen molar-refractivity contribution in [1.29, 1.82) is 0 Å². The minimum absolute atomic E-state index is 0.250. The van der Waals surface area contributed by atoms with Gasteiger partial charge in [-0.3, -0.25) is 4.99 Å². The molecule has 1 aliphatic rings. The fourth-order valence-electron chi connectivity index (χ4n) is 0.798. The molecule has 0 saturated heterocycles. The van der Waals surface area contributed by atoms with Crippen LogP contribution in [0.25, 0.3) is 0 Å². The van der Waals surface area contributed by atoms with Gasteiger partial charge in [0.05, 0.1) is 6.61 Å². The number of hydrogen-bond acceptors (Lipinski definition) is 4. The van der Waals surface area contributed by atoms with Gasteiger partial charge in [-0.25, -0.2) is 4.79 Å². The van der Waals surface area contributed by atoms with Gasteiger partial charge in [0.25, 0.3) is 0 Å². The molecule has 0 saturated carbocycles. The van der Waals surface area contributed by atoms with E-state index in [-0.39, 0.29) is 5.97 Å². The van der Waals surface area contributed by atoms with Crippen LogP contribution in [0, 0.1) is 0 Å². The molecule has 0 unspecified atom stereocenters. The van der Waals surface area contributed by atoms with Gasteiger partial charge in [0.1, 0.15) is 5.71 Å². The zero-order valence-corrected chi connectivity index (χ0v) is 7.32. The Morgan fingerprint density at radius 2 is 2.64 bits per heavy atom. The average molecular weight is 173 g/mol. The van der Waals surface area contributed by atoms with Crippen molar-refractivity contribution < 1.29 is 9.53 Å². The number of thioether (sulfide) groups is 1. The maximum absolute atomic E-state index is 11.0. The number of carbonyl (C=O) groups is 1. The van der Waals surface area contributed by atoms with Gasteiger partial charge in [0.15, 0.2) is 0 Å². The minimum Gasteiger partial charge on any atom is -0.461 e. The third kappa shape index (κ3) is 2.54. The highest BCUT2D eigenvalue weighted by molar-refractivity contribution is 8.00. The molecule has 1 aliphatic heterocycles. The lowest BCUT2D eigenvalue weighted by Gasteiger charge is -2.09. The van der Waals surface area contributed by atoms with E-state index in [0.29, 0.717) is 18.1 Å². The van der Waals surface area contributed by atoms with Crippen molar-refractivity contribution >= 4 is 23.4 Å². The first-order valence-corrected chi connectivity index (χ1v) is 4.78. The lowest BCUT2D eigenvalue weighted by atomic mass is 10.4. The fourth-order valence-corrected chi connectivity index (χ4v) is 1.56. The van der Waals surface area contributed by atoms with E-state index in [0.717, 1.165) is 12.3 Å². The van der Waals surface area contributed by atoms with E-state index in [1.165, 1.54) is 0 Å². The molecule has 0 bridgehead atoms. The van der Waals surface area contributed by atoms with Crippen LogP contribution in [0.1, 0.15) is 6.92 Å². The topological polar surface area (TPSA) is 38.7 Å². The van der Waals surface area contributed by atoms with Crippen molar-refractivity contribution in [2.24, 2.45) is 4.99 Å². The van der Waals surface area contributed by atoms with E-state index in [2.05, 4.69) is 4.99 Å². The van der Waals surface area contributed by atoms with Crippen LogP contribution in [0.2, 0.25) is 0 Å². The van der Waals surface area contributed by atoms with E-state index < -0.39 is 0 Å². The Hall–Kier alpha value is -0.510. The molecule has 0 amide bonds. The molecule has 0 aliphatic carbocycles. The molecule has 62 valence electrons. The SMILES string of the molecule is CCOC(=O)C1=NCCSC1. The number of esters is 1. The molecule has 0 spiro atoms. The van der Waals surface area contributed by atoms with Crippen molar-refractivity contribution in [3.05, 3.63) is 0 Å². The zero-order valence-electron chi connectivity index (χ0n) is 6.50. The van der Waals surface area contributed by atoms with E-state index in [1.807, 2.05) is 0 Å². The van der Waals surface area contributed by atoms with Crippen LogP contribution in [0.5, 0.6) is 0 Å². The summed E-state index contributed by atoms with van der Waals surface area (Å²) in [4.78, 5) is 15.1. The first-order valence-electron chi connectivity index (χ1n) is 3.62. The summed E-state index contributed by atoms with van der Waals surface area (Å²) in [6, 6.07) is 0. The standard InChI is InChI=1S/C7H11NO2S/c1-2-10-7(9)6-5-11-4-3-8-6/h2-5H2,1H3. The monoisotopic (exact) mass is 173 g/mol. The Labute approximate surface area is 70.2 Å². The van der Waals surface area contributed by atoms with Crippen molar-refractivity contribution in [1.82, 2.24) is 0 Å². The molecule has 0 aromatic heterocycles. The number of aliphatic imine (C=N–C) groups is 1. The highest BCUT2D eigenvalue weighted by atomic mass is 32.2. The quantitative estimate of drug-likeness (QED) is 0.578. The lowest BCUT2D eigenvalue weighted by molar-refractivity contribution is -0.135. The van der Waals surface area contributed by atoms with Gasteiger partial charge in [-0.15, -0.1) is 0 Å². The fraction of sp³-hybridized carbons (Fsp3) is 0.714. The Kier molecular flexibility index (Phi) is 3.42. The maximum atomic E-state index is 11.0. The van der Waals surface area contributed by atoms with Crippen LogP contribution in [0.4, 0.5) is 0 Å². The van der Waals surface area contributed by atoms with Crippen LogP contribution in [-0.4, -0.2) is 36.3 Å². The molecule has 3 nitrogen and oxygen atoms in total. The Balaban J connectivity index is 2.44. The summed E-state index contributed by atoms with van der Waals surface area (Å²) in [5.41, 5.74) is 0.586. The number of ether oxygens (including phenoxy) is 1. The average Bonchev–Trinajstić information content (AvgIpc) is 2.07. The molecular formula is C7H11NO2S. The summed E-state index contributed by atoms with van der Waals surface area (Å²) >= 11 is 1.73. The van der Waals surface area contributed by atoms with Gasteiger partial charge >= 0.3 is 5.97 Å². The van der Waals surface area contributed by atoms with Crippen LogP contribution in [-0.2, 0) is 9.53 Å². The summed E-state index contributed by atoms with van der Waals surface area (Å²) in [5.74, 6) is 1.47. The van der Waals surface area contributed by atoms with E-state index in [9.17, 15) is 4.79 Å². The van der Waals surface area contributed by atoms with Gasteiger partial charge in [-0.1, -0.05) is 0 Å². The van der Waals surface area contributed by atoms with Crippen LogP contribution >= 0.6 is 11.8 Å². The van der Waals surface area contributed by atoms with E-state index >= 15 is 0 Å². The molecule has 1 heterocycles. The van der Waals surface area contributed by atoms with Gasteiger partial charge in [-0.2, -0.15) is 11.8 Å². The molecule has 0 fully saturated rings. The first kappa shape index (κ1) is 8.59. The van der Waals surface area contributed by atoms with Gasteiger partial charge in [0, 0.05) is 18.1 Å². The molecule has 11 heavy (non-hydrogen) atoms. The molecule has 4 heteroatoms.